The van der Waals surface area contributed by atoms with Crippen LogP contribution in [0.15, 0.2) is 47.5 Å². The Morgan fingerprint density at radius 1 is 1.12 bits per heavy atom. The summed E-state index contributed by atoms with van der Waals surface area (Å²) in [4.78, 5) is 4.31. The zero-order valence-corrected chi connectivity index (χ0v) is 14.0. The van der Waals surface area contributed by atoms with E-state index in [4.69, 9.17) is 15.2 Å². The van der Waals surface area contributed by atoms with Crippen LogP contribution in [0.2, 0.25) is 0 Å². The molecule has 5 nitrogen and oxygen atoms in total. The number of aliphatic imine (C=N–C) groups is 1. The summed E-state index contributed by atoms with van der Waals surface area (Å²) in [6.07, 6.45) is 2.43. The molecular weight excluding hydrogens is 321 g/mol. The lowest BCUT2D eigenvalue weighted by Crippen LogP contribution is -2.22. The number of rotatable bonds is 5. The largest absolute Gasteiger partial charge is 0.490 e. The summed E-state index contributed by atoms with van der Waals surface area (Å²) in [6, 6.07) is 12.2. The zero-order chi connectivity index (χ0) is 17.5. The van der Waals surface area contributed by atoms with Gasteiger partial charge < -0.3 is 20.5 Å². The third-order valence-corrected chi connectivity index (χ3v) is 3.81. The summed E-state index contributed by atoms with van der Waals surface area (Å²) in [5.74, 6) is 1.58. The number of nitrogens with two attached hydrogens (primary N) is 1. The van der Waals surface area contributed by atoms with Crippen LogP contribution >= 0.6 is 0 Å². The van der Waals surface area contributed by atoms with Gasteiger partial charge in [0.2, 0.25) is 0 Å². The summed E-state index contributed by atoms with van der Waals surface area (Å²) in [5, 5.41) is 3.05. The molecule has 1 aliphatic heterocycles. The lowest BCUT2D eigenvalue weighted by molar-refractivity contribution is 0.297. The van der Waals surface area contributed by atoms with Crippen molar-refractivity contribution in [2.24, 2.45) is 10.7 Å². The van der Waals surface area contributed by atoms with Gasteiger partial charge in [-0.3, -0.25) is 4.99 Å². The van der Waals surface area contributed by atoms with Crippen molar-refractivity contribution >= 4 is 11.6 Å². The second kappa shape index (κ2) is 8.37. The SMILES string of the molecule is NC(=NCCCc1cccc(F)c1)Nc1ccc2c(c1)OCCCO2. The van der Waals surface area contributed by atoms with Crippen molar-refractivity contribution in [3.8, 4) is 11.5 Å². The molecule has 2 aromatic carbocycles. The van der Waals surface area contributed by atoms with E-state index in [1.54, 1.807) is 12.1 Å². The fourth-order valence-corrected chi connectivity index (χ4v) is 2.60. The monoisotopic (exact) mass is 343 g/mol. The standard InChI is InChI=1S/C19H22FN3O2/c20-15-6-1-4-14(12-15)5-2-9-22-19(21)23-16-7-8-17-18(13-16)25-11-3-10-24-17/h1,4,6-8,12-13H,2-3,5,9-11H2,(H3,21,22,23). The highest BCUT2D eigenvalue weighted by atomic mass is 19.1. The summed E-state index contributed by atoms with van der Waals surface area (Å²) in [7, 11) is 0. The molecule has 0 saturated carbocycles. The maximum absolute atomic E-state index is 13.1. The molecule has 0 fully saturated rings. The van der Waals surface area contributed by atoms with Gasteiger partial charge in [0.15, 0.2) is 17.5 Å². The van der Waals surface area contributed by atoms with Gasteiger partial charge in [-0.2, -0.15) is 0 Å². The minimum atomic E-state index is -0.211. The van der Waals surface area contributed by atoms with E-state index in [0.717, 1.165) is 36.3 Å². The molecule has 0 atom stereocenters. The Hall–Kier alpha value is -2.76. The number of guanidine groups is 1. The number of ether oxygens (including phenoxy) is 2. The molecule has 2 aromatic rings. The van der Waals surface area contributed by atoms with E-state index < -0.39 is 0 Å². The van der Waals surface area contributed by atoms with Crippen molar-refractivity contribution in [2.45, 2.75) is 19.3 Å². The molecule has 6 heteroatoms. The topological polar surface area (TPSA) is 68.9 Å². The number of anilines is 1. The van der Waals surface area contributed by atoms with Gasteiger partial charge in [-0.25, -0.2) is 4.39 Å². The quantitative estimate of drug-likeness (QED) is 0.496. The van der Waals surface area contributed by atoms with E-state index >= 15 is 0 Å². The first-order chi connectivity index (χ1) is 12.2. The number of halogens is 1. The van der Waals surface area contributed by atoms with Crippen LogP contribution in [0, 0.1) is 5.82 Å². The Labute approximate surface area is 146 Å². The van der Waals surface area contributed by atoms with Crippen molar-refractivity contribution in [1.29, 1.82) is 0 Å². The highest BCUT2D eigenvalue weighted by Crippen LogP contribution is 2.32. The molecule has 0 radical (unpaired) electrons. The van der Waals surface area contributed by atoms with E-state index in [-0.39, 0.29) is 5.82 Å². The molecule has 3 rings (SSSR count). The Balaban J connectivity index is 1.50. The first kappa shape index (κ1) is 17.1. The third kappa shape index (κ3) is 5.11. The molecule has 25 heavy (non-hydrogen) atoms. The maximum Gasteiger partial charge on any atom is 0.193 e. The molecule has 3 N–H and O–H groups in total. The van der Waals surface area contributed by atoms with E-state index in [0.29, 0.717) is 31.5 Å². The van der Waals surface area contributed by atoms with Gasteiger partial charge >= 0.3 is 0 Å². The van der Waals surface area contributed by atoms with Gasteiger partial charge in [-0.1, -0.05) is 12.1 Å². The Kier molecular flexibility index (Phi) is 5.72. The van der Waals surface area contributed by atoms with Crippen LogP contribution in [-0.2, 0) is 6.42 Å². The zero-order valence-electron chi connectivity index (χ0n) is 14.0. The van der Waals surface area contributed by atoms with E-state index in [1.165, 1.54) is 6.07 Å². The summed E-state index contributed by atoms with van der Waals surface area (Å²) >= 11 is 0. The molecule has 0 aromatic heterocycles. The van der Waals surface area contributed by atoms with Crippen molar-refractivity contribution in [1.82, 2.24) is 0 Å². The maximum atomic E-state index is 13.1. The molecule has 0 aliphatic carbocycles. The minimum Gasteiger partial charge on any atom is -0.490 e. The molecule has 1 aliphatic rings. The molecule has 0 spiro atoms. The Bertz CT molecular complexity index is 749. The van der Waals surface area contributed by atoms with Crippen LogP contribution in [0.25, 0.3) is 0 Å². The summed E-state index contributed by atoms with van der Waals surface area (Å²) in [6.45, 7) is 1.87. The second-order valence-electron chi connectivity index (χ2n) is 5.84. The van der Waals surface area contributed by atoms with Crippen molar-refractivity contribution in [3.05, 3.63) is 53.8 Å². The van der Waals surface area contributed by atoms with Crippen LogP contribution < -0.4 is 20.5 Å². The van der Waals surface area contributed by atoms with Crippen molar-refractivity contribution in [3.63, 3.8) is 0 Å². The lowest BCUT2D eigenvalue weighted by atomic mass is 10.1. The van der Waals surface area contributed by atoms with Gasteiger partial charge in [0.05, 0.1) is 13.2 Å². The number of fused-ring (bicyclic) bond motifs is 1. The Morgan fingerprint density at radius 2 is 1.96 bits per heavy atom. The highest BCUT2D eigenvalue weighted by Gasteiger charge is 2.10. The molecule has 0 saturated heterocycles. The minimum absolute atomic E-state index is 0.211. The average molecular weight is 343 g/mol. The highest BCUT2D eigenvalue weighted by molar-refractivity contribution is 5.92. The molecule has 0 unspecified atom stereocenters. The van der Waals surface area contributed by atoms with Gasteiger partial charge in [0.1, 0.15) is 5.82 Å². The smallest absolute Gasteiger partial charge is 0.193 e. The number of benzene rings is 2. The van der Waals surface area contributed by atoms with Gasteiger partial charge in [0.25, 0.3) is 0 Å². The number of hydrogen-bond donors (Lipinski definition) is 2. The van der Waals surface area contributed by atoms with Crippen molar-refractivity contribution in [2.75, 3.05) is 25.1 Å². The predicted molar refractivity (Wildman–Crippen MR) is 96.9 cm³/mol. The average Bonchev–Trinajstić information content (AvgIpc) is 2.84. The lowest BCUT2D eigenvalue weighted by Gasteiger charge is -2.10. The number of nitrogens with zero attached hydrogens (tertiary/aromatic N) is 1. The molecule has 0 amide bonds. The number of hydrogen-bond acceptors (Lipinski definition) is 3. The van der Waals surface area contributed by atoms with Crippen LogP contribution in [0.1, 0.15) is 18.4 Å². The van der Waals surface area contributed by atoms with Gasteiger partial charge in [-0.15, -0.1) is 0 Å². The first-order valence-corrected chi connectivity index (χ1v) is 8.42. The normalized spacial score (nSPS) is 14.0. The number of nitrogens with one attached hydrogen (secondary N) is 1. The Morgan fingerprint density at radius 3 is 2.80 bits per heavy atom. The van der Waals surface area contributed by atoms with Crippen molar-refractivity contribution < 1.29 is 13.9 Å². The second-order valence-corrected chi connectivity index (χ2v) is 5.84. The van der Waals surface area contributed by atoms with E-state index in [1.807, 2.05) is 24.3 Å². The van der Waals surface area contributed by atoms with E-state index in [2.05, 4.69) is 10.3 Å². The third-order valence-electron chi connectivity index (χ3n) is 3.81. The summed E-state index contributed by atoms with van der Waals surface area (Å²) < 4.78 is 24.4. The number of aryl methyl sites for hydroxylation is 1. The first-order valence-electron chi connectivity index (χ1n) is 8.42. The van der Waals surface area contributed by atoms with Gasteiger partial charge in [0, 0.05) is 24.7 Å². The van der Waals surface area contributed by atoms with E-state index in [9.17, 15) is 4.39 Å². The van der Waals surface area contributed by atoms with Crippen LogP contribution in [-0.4, -0.2) is 25.7 Å². The molecule has 132 valence electrons. The van der Waals surface area contributed by atoms with Crippen LogP contribution in [0.3, 0.4) is 0 Å². The van der Waals surface area contributed by atoms with Gasteiger partial charge in [-0.05, 0) is 42.7 Å². The summed E-state index contributed by atoms with van der Waals surface area (Å²) in [5.41, 5.74) is 7.69. The van der Waals surface area contributed by atoms with Crippen LogP contribution in [0.5, 0.6) is 11.5 Å². The molecule has 1 heterocycles. The fourth-order valence-electron chi connectivity index (χ4n) is 2.60. The fraction of sp³-hybridized carbons (Fsp3) is 0.316. The predicted octanol–water partition coefficient (Wildman–Crippen LogP) is 3.35. The molecular formula is C19H22FN3O2. The molecule has 0 bridgehead atoms. The van der Waals surface area contributed by atoms with Crippen LogP contribution in [0.4, 0.5) is 10.1 Å².